The lowest BCUT2D eigenvalue weighted by Crippen LogP contribution is -2.55. The van der Waals surface area contributed by atoms with Crippen molar-refractivity contribution in [1.82, 2.24) is 0 Å². The van der Waals surface area contributed by atoms with Crippen molar-refractivity contribution in [2.24, 2.45) is 0 Å². The van der Waals surface area contributed by atoms with E-state index in [1.165, 1.54) is 13.0 Å². The molecule has 0 saturated carbocycles. The number of nitro benzene ring substituents is 1. The molecule has 0 amide bonds. The summed E-state index contributed by atoms with van der Waals surface area (Å²) in [7, 11) is 0. The number of halogens is 3. The molecule has 20 heavy (non-hydrogen) atoms. The van der Waals surface area contributed by atoms with Crippen LogP contribution < -0.4 is 5.32 Å². The van der Waals surface area contributed by atoms with Crippen LogP contribution in [0.4, 0.5) is 24.5 Å². The Balaban J connectivity index is 3.33. The van der Waals surface area contributed by atoms with Crippen molar-refractivity contribution in [3.8, 4) is 0 Å². The zero-order valence-corrected chi connectivity index (χ0v) is 10.5. The normalized spacial score (nSPS) is 14.4. The van der Waals surface area contributed by atoms with Crippen LogP contribution in [-0.4, -0.2) is 27.7 Å². The number of nitrogens with zero attached hydrogens (tertiary/aromatic N) is 1. The van der Waals surface area contributed by atoms with Gasteiger partial charge in [-0.3, -0.25) is 10.1 Å². The van der Waals surface area contributed by atoms with Gasteiger partial charge in [0.1, 0.15) is 5.69 Å². The molecular weight excluding hydrogens is 281 g/mol. The number of carbonyl (C=O) groups is 1. The first-order valence-electron chi connectivity index (χ1n) is 5.32. The Morgan fingerprint density at radius 1 is 1.40 bits per heavy atom. The molecule has 0 aliphatic rings. The molecule has 0 heterocycles. The highest BCUT2D eigenvalue weighted by atomic mass is 19.4. The van der Waals surface area contributed by atoms with Crippen molar-refractivity contribution in [3.63, 3.8) is 0 Å². The smallest absolute Gasteiger partial charge is 0.422 e. The van der Waals surface area contributed by atoms with Crippen LogP contribution in [0.3, 0.4) is 0 Å². The van der Waals surface area contributed by atoms with E-state index in [2.05, 4.69) is 0 Å². The number of nitrogens with one attached hydrogen (secondary N) is 1. The number of aryl methyl sites for hydroxylation is 1. The predicted octanol–water partition coefficient (Wildman–Crippen LogP) is 2.72. The molecule has 1 aromatic rings. The van der Waals surface area contributed by atoms with E-state index in [4.69, 9.17) is 5.11 Å². The molecule has 0 bridgehead atoms. The molecule has 9 heteroatoms. The van der Waals surface area contributed by atoms with E-state index >= 15 is 0 Å². The number of hydrogen-bond donors (Lipinski definition) is 2. The fourth-order valence-corrected chi connectivity index (χ4v) is 1.41. The summed E-state index contributed by atoms with van der Waals surface area (Å²) >= 11 is 0. The monoisotopic (exact) mass is 292 g/mol. The van der Waals surface area contributed by atoms with E-state index in [1.807, 2.05) is 0 Å². The Morgan fingerprint density at radius 2 is 1.95 bits per heavy atom. The molecule has 1 atom stereocenters. The van der Waals surface area contributed by atoms with Gasteiger partial charge in [-0.1, -0.05) is 6.07 Å². The van der Waals surface area contributed by atoms with Crippen LogP contribution in [0.15, 0.2) is 18.2 Å². The fourth-order valence-electron chi connectivity index (χ4n) is 1.41. The topological polar surface area (TPSA) is 92.5 Å². The van der Waals surface area contributed by atoms with Gasteiger partial charge >= 0.3 is 12.1 Å². The highest BCUT2D eigenvalue weighted by molar-refractivity contribution is 5.84. The first kappa shape index (κ1) is 15.7. The number of hydrogen-bond acceptors (Lipinski definition) is 4. The van der Waals surface area contributed by atoms with E-state index in [0.29, 0.717) is 12.5 Å². The van der Waals surface area contributed by atoms with Crippen molar-refractivity contribution >= 4 is 17.3 Å². The summed E-state index contributed by atoms with van der Waals surface area (Å²) < 4.78 is 38.5. The zero-order chi connectivity index (χ0) is 15.7. The zero-order valence-electron chi connectivity index (χ0n) is 10.5. The van der Waals surface area contributed by atoms with Gasteiger partial charge in [0.2, 0.25) is 5.54 Å². The third-order valence-electron chi connectivity index (χ3n) is 2.73. The Hall–Kier alpha value is -2.32. The molecule has 2 N–H and O–H groups in total. The largest absolute Gasteiger partial charge is 0.479 e. The number of alkyl halides is 3. The minimum Gasteiger partial charge on any atom is -0.479 e. The summed E-state index contributed by atoms with van der Waals surface area (Å²) in [6, 6.07) is 3.44. The van der Waals surface area contributed by atoms with E-state index < -0.39 is 34.0 Å². The summed E-state index contributed by atoms with van der Waals surface area (Å²) in [5.41, 5.74) is -4.00. The molecule has 0 aromatic heterocycles. The van der Waals surface area contributed by atoms with E-state index in [9.17, 15) is 28.1 Å². The van der Waals surface area contributed by atoms with Gasteiger partial charge in [-0.05, 0) is 25.5 Å². The van der Waals surface area contributed by atoms with Gasteiger partial charge in [0, 0.05) is 6.07 Å². The molecular formula is C11H11F3N2O4. The lowest BCUT2D eigenvalue weighted by molar-refractivity contribution is -0.384. The SMILES string of the molecule is Cc1ccc(NC(C)(C(=O)O)C(F)(F)F)c([N+](=O)[O-])c1. The van der Waals surface area contributed by atoms with Crippen LogP contribution in [0.2, 0.25) is 0 Å². The molecule has 0 spiro atoms. The molecule has 0 fully saturated rings. The maximum Gasteiger partial charge on any atom is 0.422 e. The third kappa shape index (κ3) is 2.81. The molecule has 1 rings (SSSR count). The van der Waals surface area contributed by atoms with Crippen molar-refractivity contribution in [2.75, 3.05) is 5.32 Å². The molecule has 1 unspecified atom stereocenters. The number of anilines is 1. The van der Waals surface area contributed by atoms with Gasteiger partial charge < -0.3 is 10.4 Å². The highest BCUT2D eigenvalue weighted by Crippen LogP contribution is 2.36. The van der Waals surface area contributed by atoms with Crippen LogP contribution in [0.5, 0.6) is 0 Å². The lowest BCUT2D eigenvalue weighted by Gasteiger charge is -2.29. The predicted molar refractivity (Wildman–Crippen MR) is 63.6 cm³/mol. The van der Waals surface area contributed by atoms with Crippen molar-refractivity contribution in [1.29, 1.82) is 0 Å². The summed E-state index contributed by atoms with van der Waals surface area (Å²) in [6.07, 6.45) is -5.13. The first-order valence-corrected chi connectivity index (χ1v) is 5.32. The third-order valence-corrected chi connectivity index (χ3v) is 2.73. The van der Waals surface area contributed by atoms with Gasteiger partial charge in [-0.15, -0.1) is 0 Å². The van der Waals surface area contributed by atoms with Gasteiger partial charge in [0.25, 0.3) is 5.69 Å². The van der Waals surface area contributed by atoms with Gasteiger partial charge in [0.15, 0.2) is 0 Å². The minimum absolute atomic E-state index is 0.402. The minimum atomic E-state index is -5.13. The molecule has 0 saturated heterocycles. The average molecular weight is 292 g/mol. The second-order valence-electron chi connectivity index (χ2n) is 4.33. The number of benzene rings is 1. The van der Waals surface area contributed by atoms with E-state index in [0.717, 1.165) is 12.1 Å². The van der Waals surface area contributed by atoms with Crippen LogP contribution >= 0.6 is 0 Å². The van der Waals surface area contributed by atoms with E-state index in [1.54, 1.807) is 5.32 Å². The quantitative estimate of drug-likeness (QED) is 0.657. The summed E-state index contributed by atoms with van der Waals surface area (Å²) in [6.45, 7) is 1.93. The van der Waals surface area contributed by atoms with Gasteiger partial charge in [-0.25, -0.2) is 4.79 Å². The molecule has 110 valence electrons. The number of carboxylic acid groups (broad SMARTS) is 1. The lowest BCUT2D eigenvalue weighted by atomic mass is 10.0. The van der Waals surface area contributed by atoms with Gasteiger partial charge in [-0.2, -0.15) is 13.2 Å². The van der Waals surface area contributed by atoms with Crippen LogP contribution in [0, 0.1) is 17.0 Å². The number of carboxylic acids is 1. The standard InChI is InChI=1S/C11H11F3N2O4/c1-6-3-4-7(8(5-6)16(19)20)15-10(2,9(17)18)11(12,13)14/h3-5,15H,1-2H3,(H,17,18). The maximum atomic E-state index is 12.8. The summed E-state index contributed by atoms with van der Waals surface area (Å²) in [5, 5.41) is 21.3. The first-order chi connectivity index (χ1) is 8.99. The fraction of sp³-hybridized carbons (Fsp3) is 0.364. The Bertz CT molecular complexity index is 559. The summed E-state index contributed by atoms with van der Waals surface area (Å²) in [5.74, 6) is -2.18. The molecule has 0 aliphatic heterocycles. The number of aliphatic carboxylic acids is 1. The van der Waals surface area contributed by atoms with Crippen molar-refractivity contribution in [2.45, 2.75) is 25.6 Å². The second kappa shape index (κ2) is 4.99. The Morgan fingerprint density at radius 3 is 2.35 bits per heavy atom. The van der Waals surface area contributed by atoms with Crippen molar-refractivity contribution < 1.29 is 28.0 Å². The van der Waals surface area contributed by atoms with Crippen LogP contribution in [0.1, 0.15) is 12.5 Å². The number of rotatable bonds is 4. The van der Waals surface area contributed by atoms with Crippen LogP contribution in [-0.2, 0) is 4.79 Å². The molecule has 1 aromatic carbocycles. The Labute approximate surface area is 111 Å². The second-order valence-corrected chi connectivity index (χ2v) is 4.33. The average Bonchev–Trinajstić information content (AvgIpc) is 2.29. The summed E-state index contributed by atoms with van der Waals surface area (Å²) in [4.78, 5) is 20.8. The van der Waals surface area contributed by atoms with Crippen LogP contribution in [0.25, 0.3) is 0 Å². The van der Waals surface area contributed by atoms with E-state index in [-0.39, 0.29) is 0 Å². The molecule has 0 aliphatic carbocycles. The Kier molecular flexibility index (Phi) is 3.92. The van der Waals surface area contributed by atoms with Gasteiger partial charge in [0.05, 0.1) is 4.92 Å². The highest BCUT2D eigenvalue weighted by Gasteiger charge is 2.58. The maximum absolute atomic E-state index is 12.8. The molecule has 6 nitrogen and oxygen atoms in total. The number of nitro groups is 1. The molecule has 0 radical (unpaired) electrons. The van der Waals surface area contributed by atoms with Crippen molar-refractivity contribution in [3.05, 3.63) is 33.9 Å².